The van der Waals surface area contributed by atoms with Gasteiger partial charge in [0, 0.05) is 0 Å². The molecule has 1 heterocycles. The molecule has 3 rings (SSSR count). The van der Waals surface area contributed by atoms with Crippen LogP contribution in [0, 0.1) is 10.1 Å². The number of benzene rings is 2. The van der Waals surface area contributed by atoms with Gasteiger partial charge in [-0.1, -0.05) is 60.7 Å². The van der Waals surface area contributed by atoms with Crippen molar-refractivity contribution >= 4 is 17.8 Å². The third-order valence-electron chi connectivity index (χ3n) is 4.18. The van der Waals surface area contributed by atoms with E-state index in [9.17, 15) is 19.7 Å². The van der Waals surface area contributed by atoms with Gasteiger partial charge >= 0.3 is 11.9 Å². The molecule has 1 aromatic heterocycles. The summed E-state index contributed by atoms with van der Waals surface area (Å²) in [7, 11) is 0. The molecular weight excluding hydrogens is 376 g/mol. The lowest BCUT2D eigenvalue weighted by molar-refractivity contribution is -0.402. The number of hydrogen-bond donors (Lipinski definition) is 1. The van der Waals surface area contributed by atoms with E-state index in [1.54, 1.807) is 0 Å². The molecule has 0 radical (unpaired) electrons. The fourth-order valence-electron chi connectivity index (χ4n) is 2.72. The molecule has 0 aliphatic heterocycles. The predicted octanol–water partition coefficient (Wildman–Crippen LogP) is 3.64. The summed E-state index contributed by atoms with van der Waals surface area (Å²) in [6.45, 7) is 1.41. The highest BCUT2D eigenvalue weighted by Crippen LogP contribution is 2.22. The van der Waals surface area contributed by atoms with Gasteiger partial charge in [0.2, 0.25) is 5.76 Å². The van der Waals surface area contributed by atoms with Gasteiger partial charge in [0.25, 0.3) is 5.91 Å². The molecule has 1 amide bonds. The van der Waals surface area contributed by atoms with Crippen LogP contribution in [0.25, 0.3) is 0 Å². The Kier molecular flexibility index (Phi) is 6.03. The standard InChI is InChI=1S/C21H18N2O6/c1-14(28-21(25)17-12-13-18(29-17)23(26)27)20(24)22-19(15-8-4-2-5-9-15)16-10-6-3-7-11-16/h2-14,19H,1H3,(H,22,24)/t14-/m1/s1. The maximum atomic E-state index is 12.7. The Morgan fingerprint density at radius 1 is 0.966 bits per heavy atom. The molecule has 0 saturated heterocycles. The first-order valence-corrected chi connectivity index (χ1v) is 8.81. The van der Waals surface area contributed by atoms with Gasteiger partial charge in [0.1, 0.15) is 4.92 Å². The number of furan rings is 1. The Morgan fingerprint density at radius 3 is 2.00 bits per heavy atom. The van der Waals surface area contributed by atoms with Crippen LogP contribution in [0.3, 0.4) is 0 Å². The van der Waals surface area contributed by atoms with E-state index in [1.807, 2.05) is 60.7 Å². The minimum atomic E-state index is -1.14. The lowest BCUT2D eigenvalue weighted by atomic mass is 9.98. The van der Waals surface area contributed by atoms with Crippen molar-refractivity contribution in [1.29, 1.82) is 0 Å². The van der Waals surface area contributed by atoms with Crippen LogP contribution in [0.5, 0.6) is 0 Å². The number of esters is 1. The van der Waals surface area contributed by atoms with Crippen LogP contribution >= 0.6 is 0 Å². The average Bonchev–Trinajstić information content (AvgIpc) is 3.24. The second-order valence-corrected chi connectivity index (χ2v) is 6.21. The molecule has 148 valence electrons. The van der Waals surface area contributed by atoms with Crippen LogP contribution in [0.2, 0.25) is 0 Å². The summed E-state index contributed by atoms with van der Waals surface area (Å²) in [6.07, 6.45) is -1.14. The van der Waals surface area contributed by atoms with Crippen molar-refractivity contribution in [1.82, 2.24) is 5.32 Å². The van der Waals surface area contributed by atoms with Crippen LogP contribution in [-0.4, -0.2) is 22.9 Å². The normalized spacial score (nSPS) is 11.7. The summed E-state index contributed by atoms with van der Waals surface area (Å²) in [4.78, 5) is 34.6. The third kappa shape index (κ3) is 4.86. The van der Waals surface area contributed by atoms with Crippen molar-refractivity contribution < 1.29 is 23.7 Å². The Morgan fingerprint density at radius 2 is 1.52 bits per heavy atom. The van der Waals surface area contributed by atoms with Crippen molar-refractivity contribution in [2.45, 2.75) is 19.1 Å². The lowest BCUT2D eigenvalue weighted by Gasteiger charge is -2.22. The number of ether oxygens (including phenoxy) is 1. The summed E-state index contributed by atoms with van der Waals surface area (Å²) >= 11 is 0. The molecule has 0 aliphatic rings. The van der Waals surface area contributed by atoms with Crippen LogP contribution in [0.15, 0.2) is 77.2 Å². The zero-order valence-electron chi connectivity index (χ0n) is 15.5. The molecule has 0 aliphatic carbocycles. The molecule has 0 spiro atoms. The van der Waals surface area contributed by atoms with E-state index in [0.717, 1.165) is 23.3 Å². The molecule has 1 N–H and O–H groups in total. The summed E-state index contributed by atoms with van der Waals surface area (Å²) in [5.41, 5.74) is 1.74. The van der Waals surface area contributed by atoms with E-state index in [-0.39, 0.29) is 5.76 Å². The van der Waals surface area contributed by atoms with E-state index >= 15 is 0 Å². The summed E-state index contributed by atoms with van der Waals surface area (Å²) in [5, 5.41) is 13.5. The number of carbonyl (C=O) groups excluding carboxylic acids is 2. The predicted molar refractivity (Wildman–Crippen MR) is 103 cm³/mol. The highest BCUT2D eigenvalue weighted by molar-refractivity contribution is 5.90. The van der Waals surface area contributed by atoms with Crippen molar-refractivity contribution in [2.24, 2.45) is 0 Å². The van der Waals surface area contributed by atoms with Crippen molar-refractivity contribution in [2.75, 3.05) is 0 Å². The van der Waals surface area contributed by atoms with E-state index in [1.165, 1.54) is 6.92 Å². The Labute approximate surface area is 166 Å². The van der Waals surface area contributed by atoms with Gasteiger partial charge in [-0.25, -0.2) is 4.79 Å². The van der Waals surface area contributed by atoms with Crippen LogP contribution in [-0.2, 0) is 9.53 Å². The Bertz CT molecular complexity index is 961. The lowest BCUT2D eigenvalue weighted by Crippen LogP contribution is -2.38. The first-order valence-electron chi connectivity index (χ1n) is 8.81. The molecule has 29 heavy (non-hydrogen) atoms. The number of nitrogens with zero attached hydrogens (tertiary/aromatic N) is 1. The molecule has 8 nitrogen and oxygen atoms in total. The fourth-order valence-corrected chi connectivity index (χ4v) is 2.72. The summed E-state index contributed by atoms with van der Waals surface area (Å²) in [5.74, 6) is -2.41. The van der Waals surface area contributed by atoms with Crippen LogP contribution in [0.4, 0.5) is 5.88 Å². The van der Waals surface area contributed by atoms with E-state index in [2.05, 4.69) is 5.32 Å². The van der Waals surface area contributed by atoms with Crippen molar-refractivity contribution in [3.05, 3.63) is 99.8 Å². The second kappa shape index (κ2) is 8.83. The van der Waals surface area contributed by atoms with Gasteiger partial charge in [0.15, 0.2) is 6.10 Å². The maximum absolute atomic E-state index is 12.7. The van der Waals surface area contributed by atoms with Gasteiger partial charge in [-0.05, 0) is 24.1 Å². The quantitative estimate of drug-likeness (QED) is 0.372. The molecular formula is C21H18N2O6. The first kappa shape index (κ1) is 19.8. The highest BCUT2D eigenvalue weighted by Gasteiger charge is 2.26. The zero-order valence-corrected chi connectivity index (χ0v) is 15.5. The number of nitro groups is 1. The molecule has 0 bridgehead atoms. The molecule has 1 atom stereocenters. The number of carbonyl (C=O) groups is 2. The van der Waals surface area contributed by atoms with Crippen LogP contribution < -0.4 is 5.32 Å². The van der Waals surface area contributed by atoms with E-state index in [0.29, 0.717) is 0 Å². The second-order valence-electron chi connectivity index (χ2n) is 6.21. The zero-order chi connectivity index (χ0) is 20.8. The van der Waals surface area contributed by atoms with Crippen molar-refractivity contribution in [3.8, 4) is 0 Å². The van der Waals surface area contributed by atoms with Gasteiger partial charge in [-0.3, -0.25) is 14.9 Å². The maximum Gasteiger partial charge on any atom is 0.433 e. The topological polar surface area (TPSA) is 112 Å². The minimum Gasteiger partial charge on any atom is -0.447 e. The van der Waals surface area contributed by atoms with Gasteiger partial charge < -0.3 is 14.5 Å². The summed E-state index contributed by atoms with van der Waals surface area (Å²) < 4.78 is 9.90. The van der Waals surface area contributed by atoms with Gasteiger partial charge in [-0.15, -0.1) is 0 Å². The number of amides is 1. The Hall–Kier alpha value is -3.94. The van der Waals surface area contributed by atoms with E-state index < -0.39 is 34.8 Å². The van der Waals surface area contributed by atoms with Crippen LogP contribution in [0.1, 0.15) is 34.6 Å². The van der Waals surface area contributed by atoms with E-state index in [4.69, 9.17) is 9.15 Å². The fraction of sp³-hybridized carbons (Fsp3) is 0.143. The molecule has 0 unspecified atom stereocenters. The third-order valence-corrected chi connectivity index (χ3v) is 4.18. The molecule has 3 aromatic rings. The average molecular weight is 394 g/mol. The first-order chi connectivity index (χ1) is 14.0. The number of rotatable bonds is 7. The van der Waals surface area contributed by atoms with Crippen molar-refractivity contribution in [3.63, 3.8) is 0 Å². The molecule has 0 fully saturated rings. The minimum absolute atomic E-state index is 0.348. The molecule has 0 saturated carbocycles. The van der Waals surface area contributed by atoms with Gasteiger partial charge in [-0.2, -0.15) is 0 Å². The molecule has 8 heteroatoms. The summed E-state index contributed by atoms with van der Waals surface area (Å²) in [6, 6.07) is 20.5. The highest BCUT2D eigenvalue weighted by atomic mass is 16.7. The number of nitrogens with one attached hydrogen (secondary N) is 1. The monoisotopic (exact) mass is 394 g/mol. The largest absolute Gasteiger partial charge is 0.447 e. The van der Waals surface area contributed by atoms with Gasteiger partial charge in [0.05, 0.1) is 12.1 Å². The smallest absolute Gasteiger partial charge is 0.433 e. The SMILES string of the molecule is C[C@@H](OC(=O)c1ccc([N+](=O)[O-])o1)C(=O)NC(c1ccccc1)c1ccccc1. The number of hydrogen-bond acceptors (Lipinski definition) is 6. The molecule has 2 aromatic carbocycles. The Balaban J connectivity index is 1.72.